The van der Waals surface area contributed by atoms with Crippen molar-refractivity contribution < 1.29 is 9.59 Å². The van der Waals surface area contributed by atoms with Crippen molar-refractivity contribution in [2.24, 2.45) is 11.7 Å². The third-order valence-electron chi connectivity index (χ3n) is 7.04. The molecule has 2 aliphatic heterocycles. The van der Waals surface area contributed by atoms with Gasteiger partial charge in [0.05, 0.1) is 16.8 Å². The normalized spacial score (nSPS) is 19.6. The first-order valence-electron chi connectivity index (χ1n) is 12.3. The predicted molar refractivity (Wildman–Crippen MR) is 147 cm³/mol. The number of piperidine rings is 2. The van der Waals surface area contributed by atoms with E-state index < -0.39 is 6.03 Å². The Morgan fingerprint density at radius 2 is 1.75 bits per heavy atom. The van der Waals surface area contributed by atoms with Gasteiger partial charge in [-0.05, 0) is 68.5 Å². The zero-order valence-electron chi connectivity index (χ0n) is 20.3. The van der Waals surface area contributed by atoms with Crippen LogP contribution in [0.1, 0.15) is 44.2 Å². The number of halogens is 3. The summed E-state index contributed by atoms with van der Waals surface area (Å²) in [4.78, 5) is 28.5. The van der Waals surface area contributed by atoms with Crippen molar-refractivity contribution in [2.45, 2.75) is 44.7 Å². The zero-order valence-corrected chi connectivity index (χ0v) is 22.5. The van der Waals surface area contributed by atoms with E-state index in [-0.39, 0.29) is 23.9 Å². The molecule has 36 heavy (non-hydrogen) atoms. The van der Waals surface area contributed by atoms with Crippen molar-refractivity contribution in [1.82, 2.24) is 10.2 Å². The molecule has 2 unspecified atom stereocenters. The van der Waals surface area contributed by atoms with Gasteiger partial charge in [-0.1, -0.05) is 40.9 Å². The third kappa shape index (κ3) is 6.50. The highest BCUT2D eigenvalue weighted by Crippen LogP contribution is 2.34. The SMILES string of the molecule is CC(Nc1cc(N2CCC(C(=O)N3CCCC(NC(N)=O)C3)CC2)ccc1Cl)c1ccc(Cl)cc1Cl. The number of nitrogens with one attached hydrogen (secondary N) is 2. The first-order valence-corrected chi connectivity index (χ1v) is 13.5. The van der Waals surface area contributed by atoms with E-state index in [0.717, 1.165) is 62.3 Å². The molecule has 0 radical (unpaired) electrons. The van der Waals surface area contributed by atoms with Crippen LogP contribution in [-0.2, 0) is 4.79 Å². The van der Waals surface area contributed by atoms with E-state index in [1.807, 2.05) is 36.1 Å². The number of urea groups is 1. The number of carbonyl (C=O) groups is 2. The average molecular weight is 553 g/mol. The molecule has 2 aliphatic rings. The Morgan fingerprint density at radius 3 is 2.44 bits per heavy atom. The van der Waals surface area contributed by atoms with Gasteiger partial charge >= 0.3 is 6.03 Å². The van der Waals surface area contributed by atoms with Crippen LogP contribution in [0.4, 0.5) is 16.2 Å². The van der Waals surface area contributed by atoms with Gasteiger partial charge in [-0.3, -0.25) is 4.79 Å². The van der Waals surface area contributed by atoms with E-state index >= 15 is 0 Å². The molecule has 0 saturated carbocycles. The second-order valence-corrected chi connectivity index (χ2v) is 10.8. The lowest BCUT2D eigenvalue weighted by molar-refractivity contribution is -0.137. The van der Waals surface area contributed by atoms with Crippen LogP contribution >= 0.6 is 34.8 Å². The number of nitrogens with two attached hydrogens (primary N) is 1. The number of likely N-dealkylation sites (tertiary alicyclic amines) is 1. The summed E-state index contributed by atoms with van der Waals surface area (Å²) in [5.41, 5.74) is 8.09. The van der Waals surface area contributed by atoms with Crippen LogP contribution in [0.5, 0.6) is 0 Å². The lowest BCUT2D eigenvalue weighted by atomic mass is 9.93. The lowest BCUT2D eigenvalue weighted by Gasteiger charge is -2.38. The molecule has 0 aromatic heterocycles. The van der Waals surface area contributed by atoms with Gasteiger partial charge in [0, 0.05) is 53.9 Å². The molecule has 4 rings (SSSR count). The Kier molecular flexibility index (Phi) is 8.75. The van der Waals surface area contributed by atoms with Crippen LogP contribution in [0.2, 0.25) is 15.1 Å². The number of hydrogen-bond donors (Lipinski definition) is 3. The van der Waals surface area contributed by atoms with Crippen LogP contribution in [0, 0.1) is 5.92 Å². The number of nitrogens with zero attached hydrogens (tertiary/aromatic N) is 2. The molecule has 2 saturated heterocycles. The zero-order chi connectivity index (χ0) is 25.8. The topological polar surface area (TPSA) is 90.7 Å². The fraction of sp³-hybridized carbons (Fsp3) is 0.462. The third-order valence-corrected chi connectivity index (χ3v) is 7.93. The van der Waals surface area contributed by atoms with Crippen LogP contribution in [0.15, 0.2) is 36.4 Å². The van der Waals surface area contributed by atoms with Gasteiger partial charge in [0.25, 0.3) is 0 Å². The number of carbonyl (C=O) groups excluding carboxylic acids is 2. The van der Waals surface area contributed by atoms with Crippen molar-refractivity contribution in [3.05, 3.63) is 57.0 Å². The summed E-state index contributed by atoms with van der Waals surface area (Å²) < 4.78 is 0. The quantitative estimate of drug-likeness (QED) is 0.429. The number of benzene rings is 2. The minimum absolute atomic E-state index is 0.00876. The fourth-order valence-electron chi connectivity index (χ4n) is 5.12. The second-order valence-electron chi connectivity index (χ2n) is 9.59. The van der Waals surface area contributed by atoms with E-state index in [4.69, 9.17) is 40.5 Å². The molecule has 3 amide bonds. The highest BCUT2D eigenvalue weighted by Gasteiger charge is 2.32. The minimum atomic E-state index is -0.537. The first-order chi connectivity index (χ1) is 17.2. The Morgan fingerprint density at radius 1 is 1.00 bits per heavy atom. The smallest absolute Gasteiger partial charge is 0.312 e. The fourth-order valence-corrected chi connectivity index (χ4v) is 5.87. The van der Waals surface area contributed by atoms with Gasteiger partial charge in [-0.25, -0.2) is 4.79 Å². The van der Waals surface area contributed by atoms with Crippen LogP contribution in [0.25, 0.3) is 0 Å². The number of amides is 3. The van der Waals surface area contributed by atoms with Gasteiger partial charge < -0.3 is 26.2 Å². The molecule has 10 heteroatoms. The van der Waals surface area contributed by atoms with Crippen LogP contribution < -0.4 is 21.3 Å². The highest BCUT2D eigenvalue weighted by atomic mass is 35.5. The molecule has 0 spiro atoms. The second kappa shape index (κ2) is 11.8. The van der Waals surface area contributed by atoms with Crippen molar-refractivity contribution in [3.8, 4) is 0 Å². The number of anilines is 2. The lowest BCUT2D eigenvalue weighted by Crippen LogP contribution is -2.53. The Balaban J connectivity index is 1.36. The predicted octanol–water partition coefficient (Wildman–Crippen LogP) is 5.70. The Labute approximate surface area is 227 Å². The maximum atomic E-state index is 13.1. The van der Waals surface area contributed by atoms with Gasteiger partial charge in [-0.15, -0.1) is 0 Å². The molecule has 4 N–H and O–H groups in total. The number of primary amides is 1. The summed E-state index contributed by atoms with van der Waals surface area (Å²) >= 11 is 18.9. The number of hydrogen-bond acceptors (Lipinski definition) is 4. The molecule has 2 atom stereocenters. The highest BCUT2D eigenvalue weighted by molar-refractivity contribution is 6.35. The van der Waals surface area contributed by atoms with E-state index in [9.17, 15) is 9.59 Å². The molecule has 0 bridgehead atoms. The summed E-state index contributed by atoms with van der Waals surface area (Å²) in [5, 5.41) is 8.04. The first kappa shape index (κ1) is 26.7. The molecule has 2 aromatic carbocycles. The van der Waals surface area contributed by atoms with Crippen molar-refractivity contribution in [3.63, 3.8) is 0 Å². The monoisotopic (exact) mass is 551 g/mol. The van der Waals surface area contributed by atoms with E-state index in [0.29, 0.717) is 21.6 Å². The van der Waals surface area contributed by atoms with E-state index in [1.165, 1.54) is 0 Å². The standard InChI is InChI=1S/C26H32Cl3N5O2/c1-16(21-6-4-18(27)13-23(21)29)31-24-14-20(5-7-22(24)28)33-11-8-17(9-12-33)25(35)34-10-2-3-19(15-34)32-26(30)36/h4-7,13-14,16-17,19,31H,2-3,8-12,15H2,1H3,(H3,30,32,36). The van der Waals surface area contributed by atoms with Crippen molar-refractivity contribution >= 4 is 58.1 Å². The molecule has 0 aliphatic carbocycles. The number of rotatable bonds is 6. The molecule has 2 fully saturated rings. The molecular formula is C26H32Cl3N5O2. The van der Waals surface area contributed by atoms with E-state index in [1.54, 1.807) is 6.07 Å². The maximum absolute atomic E-state index is 13.1. The largest absolute Gasteiger partial charge is 0.377 e. The van der Waals surface area contributed by atoms with Crippen molar-refractivity contribution in [1.29, 1.82) is 0 Å². The molecule has 2 aromatic rings. The minimum Gasteiger partial charge on any atom is -0.377 e. The summed E-state index contributed by atoms with van der Waals surface area (Å²) in [6.45, 7) is 4.86. The molecule has 194 valence electrons. The summed E-state index contributed by atoms with van der Waals surface area (Å²) in [6, 6.07) is 10.8. The average Bonchev–Trinajstić information content (AvgIpc) is 2.85. The molecular weight excluding hydrogens is 521 g/mol. The van der Waals surface area contributed by atoms with Crippen molar-refractivity contribution in [2.75, 3.05) is 36.4 Å². The molecule has 7 nitrogen and oxygen atoms in total. The summed E-state index contributed by atoms with van der Waals surface area (Å²) in [5.74, 6) is 0.170. The van der Waals surface area contributed by atoms with Gasteiger partial charge in [0.1, 0.15) is 0 Å². The summed E-state index contributed by atoms with van der Waals surface area (Å²) in [7, 11) is 0. The Hall–Kier alpha value is -2.35. The van der Waals surface area contributed by atoms with Gasteiger partial charge in [0.2, 0.25) is 5.91 Å². The Bertz CT molecular complexity index is 1110. The van der Waals surface area contributed by atoms with Crippen LogP contribution in [0.3, 0.4) is 0 Å². The van der Waals surface area contributed by atoms with Gasteiger partial charge in [-0.2, -0.15) is 0 Å². The van der Waals surface area contributed by atoms with E-state index in [2.05, 4.69) is 21.6 Å². The maximum Gasteiger partial charge on any atom is 0.312 e. The summed E-state index contributed by atoms with van der Waals surface area (Å²) in [6.07, 6.45) is 3.29. The van der Waals surface area contributed by atoms with Gasteiger partial charge in [0.15, 0.2) is 0 Å². The molecule has 2 heterocycles. The van der Waals surface area contributed by atoms with Crippen LogP contribution in [-0.4, -0.2) is 49.1 Å².